The molecule has 1 rings (SSSR count). The fraction of sp³-hybridized carbons (Fsp3) is 0.619. The minimum Gasteiger partial charge on any atom is -0.478 e. The molecule has 0 saturated carbocycles. The first-order chi connectivity index (χ1) is 12.0. The summed E-state index contributed by atoms with van der Waals surface area (Å²) in [6, 6.07) is 6.24. The summed E-state index contributed by atoms with van der Waals surface area (Å²) in [5, 5.41) is 9.24. The summed E-state index contributed by atoms with van der Waals surface area (Å²) in [6.45, 7) is 6.49. The second-order valence-corrected chi connectivity index (χ2v) is 7.05. The first-order valence-corrected chi connectivity index (χ1v) is 9.49. The number of aromatic carboxylic acids is 1. The van der Waals surface area contributed by atoms with E-state index in [1.165, 1.54) is 31.4 Å². The second kappa shape index (κ2) is 11.7. The molecular formula is C21H32O4. The SMILES string of the molecule is CCCCCCCC(CCC(C)C)OC(=O)c1ccccc1C(=O)O. The first kappa shape index (κ1) is 21.2. The highest BCUT2D eigenvalue weighted by Crippen LogP contribution is 2.19. The summed E-state index contributed by atoms with van der Waals surface area (Å²) in [4.78, 5) is 23.8. The number of hydrogen-bond donors (Lipinski definition) is 1. The quantitative estimate of drug-likeness (QED) is 0.388. The lowest BCUT2D eigenvalue weighted by Crippen LogP contribution is -2.21. The number of carbonyl (C=O) groups excluding carboxylic acids is 1. The van der Waals surface area contributed by atoms with Crippen LogP contribution in [-0.4, -0.2) is 23.1 Å². The van der Waals surface area contributed by atoms with Gasteiger partial charge in [0.15, 0.2) is 0 Å². The average Bonchev–Trinajstić information content (AvgIpc) is 2.58. The molecule has 0 bridgehead atoms. The van der Waals surface area contributed by atoms with Crippen molar-refractivity contribution in [2.45, 2.75) is 78.2 Å². The Kier molecular flexibility index (Phi) is 9.90. The predicted octanol–water partition coefficient (Wildman–Crippen LogP) is 5.71. The molecule has 0 heterocycles. The number of carboxylic acid groups (broad SMARTS) is 1. The largest absolute Gasteiger partial charge is 0.478 e. The number of rotatable bonds is 12. The molecule has 0 aliphatic heterocycles. The van der Waals surface area contributed by atoms with Crippen LogP contribution >= 0.6 is 0 Å². The van der Waals surface area contributed by atoms with Gasteiger partial charge < -0.3 is 9.84 Å². The van der Waals surface area contributed by atoms with Crippen molar-refractivity contribution in [3.63, 3.8) is 0 Å². The van der Waals surface area contributed by atoms with Gasteiger partial charge in [0, 0.05) is 0 Å². The Labute approximate surface area is 151 Å². The Morgan fingerprint density at radius 2 is 1.60 bits per heavy atom. The van der Waals surface area contributed by atoms with Crippen LogP contribution in [0.1, 0.15) is 92.9 Å². The van der Waals surface area contributed by atoms with Crippen LogP contribution in [0.4, 0.5) is 0 Å². The number of benzene rings is 1. The van der Waals surface area contributed by atoms with Gasteiger partial charge in [-0.3, -0.25) is 0 Å². The van der Waals surface area contributed by atoms with Gasteiger partial charge in [0.1, 0.15) is 6.10 Å². The molecule has 1 unspecified atom stereocenters. The van der Waals surface area contributed by atoms with Crippen molar-refractivity contribution in [3.8, 4) is 0 Å². The van der Waals surface area contributed by atoms with Crippen LogP contribution in [0.5, 0.6) is 0 Å². The molecule has 25 heavy (non-hydrogen) atoms. The Morgan fingerprint density at radius 1 is 0.960 bits per heavy atom. The van der Waals surface area contributed by atoms with Crippen LogP contribution < -0.4 is 0 Å². The molecule has 4 heteroatoms. The molecule has 0 spiro atoms. The highest BCUT2D eigenvalue weighted by Gasteiger charge is 2.21. The topological polar surface area (TPSA) is 63.6 Å². The Balaban J connectivity index is 2.68. The van der Waals surface area contributed by atoms with Crippen LogP contribution in [0.3, 0.4) is 0 Å². The van der Waals surface area contributed by atoms with Gasteiger partial charge in [0.25, 0.3) is 0 Å². The summed E-state index contributed by atoms with van der Waals surface area (Å²) < 4.78 is 5.68. The van der Waals surface area contributed by atoms with E-state index in [9.17, 15) is 14.7 Å². The third-order valence-electron chi connectivity index (χ3n) is 4.35. The number of unbranched alkanes of at least 4 members (excludes halogenated alkanes) is 4. The van der Waals surface area contributed by atoms with Gasteiger partial charge in [-0.25, -0.2) is 9.59 Å². The predicted molar refractivity (Wildman–Crippen MR) is 100 cm³/mol. The minimum absolute atomic E-state index is 0.00180. The van der Waals surface area contributed by atoms with Crippen molar-refractivity contribution in [1.82, 2.24) is 0 Å². The lowest BCUT2D eigenvalue weighted by Gasteiger charge is -2.19. The van der Waals surface area contributed by atoms with E-state index in [0.29, 0.717) is 5.92 Å². The van der Waals surface area contributed by atoms with Gasteiger partial charge in [-0.1, -0.05) is 58.6 Å². The average molecular weight is 348 g/mol. The van der Waals surface area contributed by atoms with E-state index in [1.54, 1.807) is 12.1 Å². The van der Waals surface area contributed by atoms with E-state index in [-0.39, 0.29) is 17.2 Å². The molecule has 1 atom stereocenters. The van der Waals surface area contributed by atoms with Crippen LogP contribution in [0, 0.1) is 5.92 Å². The van der Waals surface area contributed by atoms with E-state index < -0.39 is 11.9 Å². The maximum absolute atomic E-state index is 12.5. The molecule has 0 radical (unpaired) electrons. The zero-order valence-electron chi connectivity index (χ0n) is 15.8. The van der Waals surface area contributed by atoms with Gasteiger partial charge >= 0.3 is 11.9 Å². The summed E-state index contributed by atoms with van der Waals surface area (Å²) >= 11 is 0. The number of ether oxygens (including phenoxy) is 1. The Hall–Kier alpha value is -1.84. The summed E-state index contributed by atoms with van der Waals surface area (Å²) in [5.74, 6) is -1.08. The number of esters is 1. The Morgan fingerprint density at radius 3 is 2.20 bits per heavy atom. The molecule has 1 aromatic carbocycles. The third-order valence-corrected chi connectivity index (χ3v) is 4.35. The van der Waals surface area contributed by atoms with Gasteiger partial charge in [-0.2, -0.15) is 0 Å². The van der Waals surface area contributed by atoms with Gasteiger partial charge in [0.2, 0.25) is 0 Å². The number of carbonyl (C=O) groups is 2. The van der Waals surface area contributed by atoms with Crippen molar-refractivity contribution < 1.29 is 19.4 Å². The molecule has 0 saturated heterocycles. The van der Waals surface area contributed by atoms with Gasteiger partial charge in [-0.15, -0.1) is 0 Å². The lowest BCUT2D eigenvalue weighted by atomic mass is 10.00. The summed E-state index contributed by atoms with van der Waals surface area (Å²) in [5.41, 5.74) is 0.133. The van der Waals surface area contributed by atoms with Crippen LogP contribution in [-0.2, 0) is 4.74 Å². The summed E-state index contributed by atoms with van der Waals surface area (Å²) in [6.07, 6.45) is 8.37. The second-order valence-electron chi connectivity index (χ2n) is 7.05. The fourth-order valence-corrected chi connectivity index (χ4v) is 2.82. The van der Waals surface area contributed by atoms with Crippen molar-refractivity contribution >= 4 is 11.9 Å². The molecule has 0 amide bonds. The van der Waals surface area contributed by atoms with Crippen molar-refractivity contribution in [1.29, 1.82) is 0 Å². The molecule has 0 aromatic heterocycles. The maximum atomic E-state index is 12.5. The first-order valence-electron chi connectivity index (χ1n) is 9.49. The van der Waals surface area contributed by atoms with Crippen LogP contribution in [0.2, 0.25) is 0 Å². The smallest absolute Gasteiger partial charge is 0.339 e. The Bertz CT molecular complexity index is 536. The molecule has 140 valence electrons. The summed E-state index contributed by atoms with van der Waals surface area (Å²) in [7, 11) is 0. The lowest BCUT2D eigenvalue weighted by molar-refractivity contribution is 0.0237. The van der Waals surface area contributed by atoms with Crippen LogP contribution in [0.15, 0.2) is 24.3 Å². The molecule has 4 nitrogen and oxygen atoms in total. The van der Waals surface area contributed by atoms with E-state index in [1.807, 2.05) is 0 Å². The molecular weight excluding hydrogens is 316 g/mol. The number of carboxylic acids is 1. The normalized spacial score (nSPS) is 12.2. The highest BCUT2D eigenvalue weighted by molar-refractivity contribution is 6.02. The third kappa shape index (κ3) is 8.19. The molecule has 0 fully saturated rings. The van der Waals surface area contributed by atoms with E-state index in [2.05, 4.69) is 20.8 Å². The molecule has 0 aliphatic carbocycles. The molecule has 1 N–H and O–H groups in total. The van der Waals surface area contributed by atoms with E-state index >= 15 is 0 Å². The molecule has 0 aliphatic rings. The molecule has 1 aromatic rings. The minimum atomic E-state index is -1.11. The van der Waals surface area contributed by atoms with Crippen molar-refractivity contribution in [2.24, 2.45) is 5.92 Å². The monoisotopic (exact) mass is 348 g/mol. The van der Waals surface area contributed by atoms with Crippen LogP contribution in [0.25, 0.3) is 0 Å². The van der Waals surface area contributed by atoms with E-state index in [4.69, 9.17) is 4.74 Å². The highest BCUT2D eigenvalue weighted by atomic mass is 16.5. The zero-order valence-corrected chi connectivity index (χ0v) is 15.8. The maximum Gasteiger partial charge on any atom is 0.339 e. The van der Waals surface area contributed by atoms with E-state index in [0.717, 1.165) is 32.1 Å². The number of hydrogen-bond acceptors (Lipinski definition) is 3. The van der Waals surface area contributed by atoms with Crippen molar-refractivity contribution in [3.05, 3.63) is 35.4 Å². The fourth-order valence-electron chi connectivity index (χ4n) is 2.82. The van der Waals surface area contributed by atoms with Gasteiger partial charge in [0.05, 0.1) is 11.1 Å². The zero-order chi connectivity index (χ0) is 18.7. The van der Waals surface area contributed by atoms with Crippen molar-refractivity contribution in [2.75, 3.05) is 0 Å². The van der Waals surface area contributed by atoms with Gasteiger partial charge in [-0.05, 0) is 43.7 Å². The standard InChI is InChI=1S/C21H32O4/c1-4-5-6-7-8-11-17(15-14-16(2)3)25-21(24)19-13-10-9-12-18(19)20(22)23/h9-10,12-13,16-17H,4-8,11,14-15H2,1-3H3,(H,22,23).